The van der Waals surface area contributed by atoms with Crippen LogP contribution in [0.3, 0.4) is 0 Å². The van der Waals surface area contributed by atoms with Crippen molar-refractivity contribution >= 4 is 5.82 Å². The molecule has 0 amide bonds. The Bertz CT molecular complexity index is 428. The first-order chi connectivity index (χ1) is 10.2. The van der Waals surface area contributed by atoms with E-state index in [9.17, 15) is 0 Å². The highest BCUT2D eigenvalue weighted by Gasteiger charge is 2.19. The minimum atomic E-state index is 0.354. The van der Waals surface area contributed by atoms with Crippen molar-refractivity contribution in [3.63, 3.8) is 0 Å². The van der Waals surface area contributed by atoms with Gasteiger partial charge in [-0.1, -0.05) is 40.0 Å². The van der Waals surface area contributed by atoms with Crippen LogP contribution in [-0.4, -0.2) is 23.1 Å². The van der Waals surface area contributed by atoms with Crippen LogP contribution < -0.4 is 10.1 Å². The number of hydrogen-bond donors (Lipinski definition) is 1. The Balaban J connectivity index is 2.06. The normalized spacial score (nSPS) is 16.2. The van der Waals surface area contributed by atoms with Gasteiger partial charge in [0.2, 0.25) is 5.88 Å². The molecule has 0 atom stereocenters. The highest BCUT2D eigenvalue weighted by Crippen LogP contribution is 2.31. The number of rotatable bonds is 7. The van der Waals surface area contributed by atoms with Crippen LogP contribution in [-0.2, 0) is 0 Å². The molecule has 0 spiro atoms. The number of nitrogens with zero attached hydrogens (tertiary/aromatic N) is 2. The van der Waals surface area contributed by atoms with Gasteiger partial charge in [0.25, 0.3) is 0 Å². The van der Waals surface area contributed by atoms with Gasteiger partial charge in [-0.3, -0.25) is 0 Å². The summed E-state index contributed by atoms with van der Waals surface area (Å²) >= 11 is 0. The molecular weight excluding hydrogens is 262 g/mol. The Kier molecular flexibility index (Phi) is 6.27. The summed E-state index contributed by atoms with van der Waals surface area (Å²) in [5.74, 6) is 2.75. The van der Waals surface area contributed by atoms with Gasteiger partial charge in [-0.15, -0.1) is 0 Å². The lowest BCUT2D eigenvalue weighted by Crippen LogP contribution is -2.17. The summed E-state index contributed by atoms with van der Waals surface area (Å²) in [6, 6.07) is 0. The fraction of sp³-hybridized carbons (Fsp3) is 0.765. The highest BCUT2D eigenvalue weighted by atomic mass is 16.5. The van der Waals surface area contributed by atoms with E-state index in [0.29, 0.717) is 11.8 Å². The van der Waals surface area contributed by atoms with Gasteiger partial charge in [0.05, 0.1) is 12.2 Å². The lowest BCUT2D eigenvalue weighted by Gasteiger charge is -2.23. The van der Waals surface area contributed by atoms with Gasteiger partial charge in [-0.2, -0.15) is 0 Å². The lowest BCUT2D eigenvalue weighted by molar-refractivity contribution is 0.200. The average molecular weight is 291 g/mol. The van der Waals surface area contributed by atoms with E-state index in [-0.39, 0.29) is 0 Å². The summed E-state index contributed by atoms with van der Waals surface area (Å²) in [4.78, 5) is 8.77. The molecule has 0 saturated heterocycles. The molecule has 0 radical (unpaired) electrons. The molecule has 118 valence electrons. The summed E-state index contributed by atoms with van der Waals surface area (Å²) in [7, 11) is 0. The number of nitrogens with one attached hydrogen (secondary N) is 1. The monoisotopic (exact) mass is 291 g/mol. The van der Waals surface area contributed by atoms with Crippen molar-refractivity contribution in [2.45, 2.75) is 65.2 Å². The SMILES string of the molecule is CCCNc1ncnc(OCC2CCCCC2)c1C(C)C. The maximum absolute atomic E-state index is 6.07. The third-order valence-electron chi connectivity index (χ3n) is 4.15. The van der Waals surface area contributed by atoms with E-state index in [1.165, 1.54) is 32.1 Å². The quantitative estimate of drug-likeness (QED) is 0.809. The van der Waals surface area contributed by atoms with E-state index in [1.54, 1.807) is 6.33 Å². The van der Waals surface area contributed by atoms with Gasteiger partial charge in [0.15, 0.2) is 0 Å². The predicted molar refractivity (Wildman–Crippen MR) is 87.0 cm³/mol. The number of ether oxygens (including phenoxy) is 1. The molecule has 1 fully saturated rings. The van der Waals surface area contributed by atoms with Crippen LogP contribution in [0.4, 0.5) is 5.82 Å². The second-order valence-electron chi connectivity index (χ2n) is 6.34. The van der Waals surface area contributed by atoms with Crippen LogP contribution in [0.25, 0.3) is 0 Å². The van der Waals surface area contributed by atoms with Crippen LogP contribution in [0, 0.1) is 5.92 Å². The summed E-state index contributed by atoms with van der Waals surface area (Å²) in [6.45, 7) is 8.22. The molecular formula is C17H29N3O. The van der Waals surface area contributed by atoms with E-state index < -0.39 is 0 Å². The Labute approximate surface area is 128 Å². The zero-order valence-corrected chi connectivity index (χ0v) is 13.7. The largest absolute Gasteiger partial charge is 0.477 e. The Morgan fingerprint density at radius 3 is 2.67 bits per heavy atom. The third-order valence-corrected chi connectivity index (χ3v) is 4.15. The minimum absolute atomic E-state index is 0.354. The molecule has 21 heavy (non-hydrogen) atoms. The molecule has 2 rings (SSSR count). The molecule has 4 heteroatoms. The predicted octanol–water partition coefficient (Wildman–Crippen LogP) is 4.38. The fourth-order valence-electron chi connectivity index (χ4n) is 2.95. The maximum atomic E-state index is 6.07. The molecule has 0 bridgehead atoms. The first-order valence-corrected chi connectivity index (χ1v) is 8.44. The molecule has 1 N–H and O–H groups in total. The number of anilines is 1. The van der Waals surface area contributed by atoms with Gasteiger partial charge < -0.3 is 10.1 Å². The standard InChI is InChI=1S/C17H29N3O/c1-4-10-18-16-15(13(2)3)17(20-12-19-16)21-11-14-8-6-5-7-9-14/h12-14H,4-11H2,1-3H3,(H,18,19,20). The third kappa shape index (κ3) is 4.58. The van der Waals surface area contributed by atoms with Crippen molar-refractivity contribution in [3.05, 3.63) is 11.9 Å². The zero-order valence-electron chi connectivity index (χ0n) is 13.7. The molecule has 1 aromatic heterocycles. The van der Waals surface area contributed by atoms with Crippen molar-refractivity contribution < 1.29 is 4.74 Å². The van der Waals surface area contributed by atoms with Crippen LogP contribution in [0.2, 0.25) is 0 Å². The lowest BCUT2D eigenvalue weighted by atomic mass is 9.90. The Morgan fingerprint density at radius 1 is 1.24 bits per heavy atom. The van der Waals surface area contributed by atoms with Crippen molar-refractivity contribution in [1.29, 1.82) is 0 Å². The summed E-state index contributed by atoms with van der Waals surface area (Å²) in [5, 5.41) is 3.39. The average Bonchev–Trinajstić information content (AvgIpc) is 2.51. The highest BCUT2D eigenvalue weighted by molar-refractivity contribution is 5.50. The minimum Gasteiger partial charge on any atom is -0.477 e. The van der Waals surface area contributed by atoms with Crippen molar-refractivity contribution in [3.8, 4) is 5.88 Å². The number of hydrogen-bond acceptors (Lipinski definition) is 4. The Hall–Kier alpha value is -1.32. The summed E-state index contributed by atoms with van der Waals surface area (Å²) in [6.07, 6.45) is 9.36. The zero-order chi connectivity index (χ0) is 15.1. The Morgan fingerprint density at radius 2 is 2.00 bits per heavy atom. The van der Waals surface area contributed by atoms with Gasteiger partial charge in [-0.05, 0) is 31.1 Å². The van der Waals surface area contributed by atoms with Crippen molar-refractivity contribution in [1.82, 2.24) is 9.97 Å². The molecule has 1 saturated carbocycles. The maximum Gasteiger partial charge on any atom is 0.222 e. The van der Waals surface area contributed by atoms with Gasteiger partial charge in [0.1, 0.15) is 12.1 Å². The van der Waals surface area contributed by atoms with E-state index in [0.717, 1.165) is 36.8 Å². The van der Waals surface area contributed by atoms with Crippen LogP contribution in [0.15, 0.2) is 6.33 Å². The van der Waals surface area contributed by atoms with Gasteiger partial charge in [0, 0.05) is 6.54 Å². The van der Waals surface area contributed by atoms with E-state index in [4.69, 9.17) is 4.74 Å². The number of aromatic nitrogens is 2. The molecule has 4 nitrogen and oxygen atoms in total. The fourth-order valence-corrected chi connectivity index (χ4v) is 2.95. The molecule has 0 unspecified atom stereocenters. The smallest absolute Gasteiger partial charge is 0.222 e. The van der Waals surface area contributed by atoms with Crippen molar-refractivity contribution in [2.24, 2.45) is 5.92 Å². The second-order valence-corrected chi connectivity index (χ2v) is 6.34. The first kappa shape index (κ1) is 16.1. The van der Waals surface area contributed by atoms with E-state index in [1.807, 2.05) is 0 Å². The summed E-state index contributed by atoms with van der Waals surface area (Å²) < 4.78 is 6.07. The van der Waals surface area contributed by atoms with Gasteiger partial charge in [-0.25, -0.2) is 9.97 Å². The van der Waals surface area contributed by atoms with Crippen LogP contribution in [0.5, 0.6) is 5.88 Å². The van der Waals surface area contributed by atoms with E-state index in [2.05, 4.69) is 36.1 Å². The van der Waals surface area contributed by atoms with Gasteiger partial charge >= 0.3 is 0 Å². The molecule has 1 aromatic rings. The molecule has 0 aliphatic heterocycles. The molecule has 1 aliphatic rings. The topological polar surface area (TPSA) is 47.0 Å². The second kappa shape index (κ2) is 8.20. The van der Waals surface area contributed by atoms with E-state index >= 15 is 0 Å². The molecule has 0 aromatic carbocycles. The molecule has 1 aliphatic carbocycles. The summed E-state index contributed by atoms with van der Waals surface area (Å²) in [5.41, 5.74) is 1.11. The van der Waals surface area contributed by atoms with Crippen molar-refractivity contribution in [2.75, 3.05) is 18.5 Å². The molecule has 1 heterocycles. The van der Waals surface area contributed by atoms with Crippen LogP contribution >= 0.6 is 0 Å². The first-order valence-electron chi connectivity index (χ1n) is 8.44. The van der Waals surface area contributed by atoms with Crippen LogP contribution in [0.1, 0.15) is 70.8 Å².